The van der Waals surface area contributed by atoms with E-state index >= 15 is 0 Å². The molecule has 0 saturated carbocycles. The SMILES string of the molecule is c1ccc(-c2ccccc2N(c2cccc3c2-c2ccccc2C32c3ccc4ccccc4c3Oc3c2ccc2ccccc32)c2cccc3oc4ccccc4c23)cc1. The van der Waals surface area contributed by atoms with Crippen molar-refractivity contribution in [1.82, 2.24) is 0 Å². The van der Waals surface area contributed by atoms with Crippen LogP contribution in [0.5, 0.6) is 11.5 Å². The van der Waals surface area contributed by atoms with Gasteiger partial charge in [0, 0.05) is 38.4 Å². The summed E-state index contributed by atoms with van der Waals surface area (Å²) < 4.78 is 13.8. The summed E-state index contributed by atoms with van der Waals surface area (Å²) in [6.07, 6.45) is 0. The molecule has 0 atom stereocenters. The molecule has 1 aliphatic heterocycles. The predicted octanol–water partition coefficient (Wildman–Crippen LogP) is 15.5. The van der Waals surface area contributed by atoms with Crippen LogP contribution in [0, 0.1) is 0 Å². The average molecular weight is 766 g/mol. The third kappa shape index (κ3) is 4.44. The lowest BCUT2D eigenvalue weighted by Gasteiger charge is -2.40. The molecule has 0 radical (unpaired) electrons. The molecule has 0 unspecified atom stereocenters. The van der Waals surface area contributed by atoms with Gasteiger partial charge in [-0.1, -0.05) is 182 Å². The van der Waals surface area contributed by atoms with Gasteiger partial charge in [-0.25, -0.2) is 0 Å². The van der Waals surface area contributed by atoms with Crippen LogP contribution in [0.1, 0.15) is 22.3 Å². The molecule has 0 N–H and O–H groups in total. The first-order chi connectivity index (χ1) is 29.8. The van der Waals surface area contributed by atoms with Crippen molar-refractivity contribution in [3.05, 3.63) is 235 Å². The zero-order valence-electron chi connectivity index (χ0n) is 32.5. The van der Waals surface area contributed by atoms with Gasteiger partial charge >= 0.3 is 0 Å². The first-order valence-electron chi connectivity index (χ1n) is 20.6. The average Bonchev–Trinajstić information content (AvgIpc) is 3.84. The van der Waals surface area contributed by atoms with Gasteiger partial charge in [0.15, 0.2) is 0 Å². The van der Waals surface area contributed by atoms with E-state index in [-0.39, 0.29) is 0 Å². The number of hydrogen-bond acceptors (Lipinski definition) is 3. The Balaban J connectivity index is 1.19. The quantitative estimate of drug-likeness (QED) is 0.178. The molecule has 0 bridgehead atoms. The maximum absolute atomic E-state index is 7.26. The van der Waals surface area contributed by atoms with Crippen molar-refractivity contribution in [3.63, 3.8) is 0 Å². The number of rotatable bonds is 4. The molecular formula is C57H35NO2. The topological polar surface area (TPSA) is 25.6 Å². The summed E-state index contributed by atoms with van der Waals surface area (Å²) in [6.45, 7) is 0. The molecule has 0 amide bonds. The van der Waals surface area contributed by atoms with Gasteiger partial charge in [-0.05, 0) is 63.4 Å². The van der Waals surface area contributed by atoms with E-state index in [1.165, 1.54) is 22.3 Å². The molecule has 0 saturated heterocycles. The maximum Gasteiger partial charge on any atom is 0.140 e. The van der Waals surface area contributed by atoms with E-state index in [4.69, 9.17) is 9.15 Å². The van der Waals surface area contributed by atoms with Crippen LogP contribution < -0.4 is 9.64 Å². The lowest BCUT2D eigenvalue weighted by molar-refractivity contribution is 0.447. The molecule has 3 nitrogen and oxygen atoms in total. The van der Waals surface area contributed by atoms with E-state index < -0.39 is 5.41 Å². The van der Waals surface area contributed by atoms with Crippen LogP contribution in [-0.4, -0.2) is 0 Å². The summed E-state index contributed by atoms with van der Waals surface area (Å²) in [6, 6.07) is 76.7. The lowest BCUT2D eigenvalue weighted by atomic mass is 9.65. The molecule has 3 heteroatoms. The van der Waals surface area contributed by atoms with Crippen LogP contribution >= 0.6 is 0 Å². The fraction of sp³-hybridized carbons (Fsp3) is 0.0175. The van der Waals surface area contributed by atoms with Crippen molar-refractivity contribution in [3.8, 4) is 33.8 Å². The standard InChI is InChI=1S/C57H35NO2/c1-2-16-36(17-3-1)39-20-9-12-27-48(39)58(50-29-15-31-52-54(50)43-24-10-13-30-51(43)59-52)49-28-14-26-45-53(49)42-23-8-11-25-44(42)57(45)46-34-32-37-18-4-6-21-40(37)55(46)60-56-41-22-7-5-19-38(41)33-35-47(56)57/h1-35H. The third-order valence-corrected chi connectivity index (χ3v) is 12.9. The Kier molecular flexibility index (Phi) is 6.93. The van der Waals surface area contributed by atoms with Gasteiger partial charge in [-0.3, -0.25) is 0 Å². The monoisotopic (exact) mass is 765 g/mol. The van der Waals surface area contributed by atoms with Crippen LogP contribution in [0.25, 0.3) is 65.7 Å². The molecule has 2 aliphatic rings. The van der Waals surface area contributed by atoms with E-state index in [0.29, 0.717) is 0 Å². The Bertz CT molecular complexity index is 3460. The van der Waals surface area contributed by atoms with E-state index in [2.05, 4.69) is 211 Å². The summed E-state index contributed by atoms with van der Waals surface area (Å²) in [5.74, 6) is 1.82. The van der Waals surface area contributed by atoms with Gasteiger partial charge in [-0.2, -0.15) is 0 Å². The Morgan fingerprint density at radius 1 is 0.350 bits per heavy atom. The van der Waals surface area contributed by atoms with Crippen LogP contribution in [-0.2, 0) is 5.41 Å². The van der Waals surface area contributed by atoms with Crippen LogP contribution in [0.3, 0.4) is 0 Å². The molecule has 13 rings (SSSR count). The number of benzene rings is 10. The first kappa shape index (κ1) is 33.1. The summed E-state index contributed by atoms with van der Waals surface area (Å²) in [7, 11) is 0. The van der Waals surface area contributed by atoms with Crippen LogP contribution in [0.4, 0.5) is 17.1 Å². The van der Waals surface area contributed by atoms with Crippen LogP contribution in [0.2, 0.25) is 0 Å². The Morgan fingerprint density at radius 2 is 0.900 bits per heavy atom. The van der Waals surface area contributed by atoms with Crippen LogP contribution in [0.15, 0.2) is 217 Å². The van der Waals surface area contributed by atoms with Gasteiger partial charge in [0.1, 0.15) is 22.7 Å². The molecule has 1 spiro atoms. The van der Waals surface area contributed by atoms with E-state index in [0.717, 1.165) is 94.3 Å². The highest BCUT2D eigenvalue weighted by Crippen LogP contribution is 2.66. The largest absolute Gasteiger partial charge is 0.456 e. The first-order valence-corrected chi connectivity index (χ1v) is 20.6. The predicted molar refractivity (Wildman–Crippen MR) is 246 cm³/mol. The summed E-state index contributed by atoms with van der Waals surface area (Å²) in [5, 5.41) is 6.67. The van der Waals surface area contributed by atoms with Gasteiger partial charge < -0.3 is 14.1 Å². The van der Waals surface area contributed by atoms with Crippen molar-refractivity contribution in [1.29, 1.82) is 0 Å². The van der Waals surface area contributed by atoms with Crippen molar-refractivity contribution < 1.29 is 9.15 Å². The Morgan fingerprint density at radius 3 is 1.67 bits per heavy atom. The molecule has 11 aromatic rings. The molecule has 60 heavy (non-hydrogen) atoms. The normalized spacial score (nSPS) is 13.3. The van der Waals surface area contributed by atoms with E-state index in [1.54, 1.807) is 0 Å². The van der Waals surface area contributed by atoms with Crippen molar-refractivity contribution in [2.75, 3.05) is 4.90 Å². The highest BCUT2D eigenvalue weighted by molar-refractivity contribution is 6.15. The number of furan rings is 1. The number of anilines is 3. The number of ether oxygens (including phenoxy) is 1. The van der Waals surface area contributed by atoms with Crippen molar-refractivity contribution in [2.24, 2.45) is 0 Å². The van der Waals surface area contributed by atoms with Gasteiger partial charge in [0.2, 0.25) is 0 Å². The fourth-order valence-electron chi connectivity index (χ4n) is 10.5. The van der Waals surface area contributed by atoms with Crippen molar-refractivity contribution in [2.45, 2.75) is 5.41 Å². The smallest absolute Gasteiger partial charge is 0.140 e. The second kappa shape index (κ2) is 12.6. The highest BCUT2D eigenvalue weighted by Gasteiger charge is 2.52. The lowest BCUT2D eigenvalue weighted by Crippen LogP contribution is -2.32. The minimum atomic E-state index is -0.683. The number of nitrogens with zero attached hydrogens (tertiary/aromatic N) is 1. The third-order valence-electron chi connectivity index (χ3n) is 12.9. The minimum Gasteiger partial charge on any atom is -0.456 e. The van der Waals surface area contributed by atoms with Gasteiger partial charge in [-0.15, -0.1) is 0 Å². The fourth-order valence-corrected chi connectivity index (χ4v) is 10.5. The Hall–Kier alpha value is -7.88. The summed E-state index contributed by atoms with van der Waals surface area (Å²) in [4.78, 5) is 2.49. The maximum atomic E-state index is 7.26. The van der Waals surface area contributed by atoms with Gasteiger partial charge in [0.05, 0.1) is 27.9 Å². The van der Waals surface area contributed by atoms with Crippen molar-refractivity contribution >= 4 is 60.5 Å². The Labute approximate surface area is 347 Å². The second-order valence-electron chi connectivity index (χ2n) is 15.9. The highest BCUT2D eigenvalue weighted by atomic mass is 16.5. The second-order valence-corrected chi connectivity index (χ2v) is 15.9. The molecule has 10 aromatic carbocycles. The molecule has 1 aliphatic carbocycles. The summed E-state index contributed by atoms with van der Waals surface area (Å²) >= 11 is 0. The molecular weight excluding hydrogens is 731 g/mol. The van der Waals surface area contributed by atoms with E-state index in [1.807, 2.05) is 6.07 Å². The van der Waals surface area contributed by atoms with Gasteiger partial charge in [0.25, 0.3) is 0 Å². The minimum absolute atomic E-state index is 0.683. The molecule has 1 aromatic heterocycles. The zero-order chi connectivity index (χ0) is 39.4. The molecule has 2 heterocycles. The zero-order valence-corrected chi connectivity index (χ0v) is 32.5. The van der Waals surface area contributed by atoms with E-state index in [9.17, 15) is 0 Å². The summed E-state index contributed by atoms with van der Waals surface area (Å²) in [5.41, 5.74) is 13.7. The number of fused-ring (bicyclic) bond motifs is 16. The molecule has 280 valence electrons. The molecule has 0 fully saturated rings. The number of hydrogen-bond donors (Lipinski definition) is 0. The number of para-hydroxylation sites is 2.